The maximum absolute atomic E-state index is 6.47. The van der Waals surface area contributed by atoms with E-state index in [0.717, 1.165) is 46.1 Å². The van der Waals surface area contributed by atoms with Gasteiger partial charge in [0.25, 0.3) is 0 Å². The number of hydrazone groups is 1. The Bertz CT molecular complexity index is 1150. The first-order valence-corrected chi connectivity index (χ1v) is 11.3. The molecule has 5 nitrogen and oxygen atoms in total. The molecule has 0 aliphatic carbocycles. The summed E-state index contributed by atoms with van der Waals surface area (Å²) in [6, 6.07) is 21.9. The van der Waals surface area contributed by atoms with Gasteiger partial charge in [0, 0.05) is 17.0 Å². The quantitative estimate of drug-likeness (QED) is 0.439. The Morgan fingerprint density at radius 3 is 2.53 bits per heavy atom. The van der Waals surface area contributed by atoms with E-state index >= 15 is 0 Å². The summed E-state index contributed by atoms with van der Waals surface area (Å²) in [7, 11) is 0. The van der Waals surface area contributed by atoms with E-state index in [0.29, 0.717) is 18.2 Å². The van der Waals surface area contributed by atoms with E-state index < -0.39 is 6.23 Å². The van der Waals surface area contributed by atoms with Crippen molar-refractivity contribution >= 4 is 17.3 Å². The van der Waals surface area contributed by atoms with Crippen molar-refractivity contribution in [1.29, 1.82) is 0 Å². The first-order valence-electron chi connectivity index (χ1n) is 10.9. The molecule has 2 atom stereocenters. The summed E-state index contributed by atoms with van der Waals surface area (Å²) in [6.07, 6.45) is 0.370. The van der Waals surface area contributed by atoms with Crippen LogP contribution in [0.4, 0.5) is 0 Å². The Morgan fingerprint density at radius 2 is 1.75 bits per heavy atom. The molecule has 0 saturated carbocycles. The molecule has 5 rings (SSSR count). The molecular weight excluding hydrogens is 424 g/mol. The summed E-state index contributed by atoms with van der Waals surface area (Å²) in [5, 5.41) is 7.76. The number of hydrogen-bond acceptors (Lipinski definition) is 5. The highest BCUT2D eigenvalue weighted by molar-refractivity contribution is 6.30. The molecule has 0 spiro atoms. The van der Waals surface area contributed by atoms with Gasteiger partial charge in [-0.25, -0.2) is 5.01 Å². The molecule has 0 radical (unpaired) electrons. The minimum absolute atomic E-state index is 0.0266. The van der Waals surface area contributed by atoms with Crippen LogP contribution in [0, 0.1) is 0 Å². The van der Waals surface area contributed by atoms with Crippen molar-refractivity contribution in [3.05, 3.63) is 88.4 Å². The van der Waals surface area contributed by atoms with Crippen molar-refractivity contribution in [1.82, 2.24) is 5.01 Å². The second-order valence-electron chi connectivity index (χ2n) is 7.73. The van der Waals surface area contributed by atoms with Crippen LogP contribution in [0.2, 0.25) is 5.02 Å². The molecule has 164 valence electrons. The lowest BCUT2D eigenvalue weighted by atomic mass is 9.95. The number of halogens is 1. The van der Waals surface area contributed by atoms with Gasteiger partial charge in [-0.2, -0.15) is 5.10 Å². The first-order chi connectivity index (χ1) is 15.7. The maximum atomic E-state index is 6.47. The minimum atomic E-state index is -0.392. The van der Waals surface area contributed by atoms with Crippen molar-refractivity contribution in [3.63, 3.8) is 0 Å². The van der Waals surface area contributed by atoms with Gasteiger partial charge in [-0.15, -0.1) is 0 Å². The van der Waals surface area contributed by atoms with Gasteiger partial charge < -0.3 is 14.2 Å². The van der Waals surface area contributed by atoms with Crippen LogP contribution in [0.5, 0.6) is 17.2 Å². The fraction of sp³-hybridized carbons (Fsp3) is 0.269. The van der Waals surface area contributed by atoms with Gasteiger partial charge in [-0.05, 0) is 74.0 Å². The molecule has 3 aromatic rings. The van der Waals surface area contributed by atoms with Gasteiger partial charge in [-0.3, -0.25) is 0 Å². The molecule has 0 N–H and O–H groups in total. The van der Waals surface area contributed by atoms with Crippen LogP contribution in [0.1, 0.15) is 49.2 Å². The van der Waals surface area contributed by atoms with Crippen LogP contribution in [0.3, 0.4) is 0 Å². The van der Waals surface area contributed by atoms with Gasteiger partial charge in [0.2, 0.25) is 6.23 Å². The Hall–Kier alpha value is -3.18. The predicted octanol–water partition coefficient (Wildman–Crippen LogP) is 6.38. The molecule has 0 bridgehead atoms. The highest BCUT2D eigenvalue weighted by Gasteiger charge is 2.42. The number of fused-ring (bicyclic) bond motifs is 3. The summed E-state index contributed by atoms with van der Waals surface area (Å²) in [5.41, 5.74) is 4.08. The molecule has 0 aromatic heterocycles. The largest absolute Gasteiger partial charge is 0.494 e. The Labute approximate surface area is 193 Å². The Balaban J connectivity index is 1.56. The van der Waals surface area contributed by atoms with Crippen LogP contribution in [-0.4, -0.2) is 23.9 Å². The average molecular weight is 449 g/mol. The van der Waals surface area contributed by atoms with E-state index in [9.17, 15) is 0 Å². The van der Waals surface area contributed by atoms with E-state index in [1.54, 1.807) is 0 Å². The van der Waals surface area contributed by atoms with Gasteiger partial charge in [0.15, 0.2) is 0 Å². The van der Waals surface area contributed by atoms with Crippen LogP contribution < -0.4 is 14.2 Å². The summed E-state index contributed by atoms with van der Waals surface area (Å²) in [4.78, 5) is 0. The van der Waals surface area contributed by atoms with Crippen LogP contribution in [0.25, 0.3) is 0 Å². The summed E-state index contributed by atoms with van der Waals surface area (Å²) >= 11 is 6.34. The van der Waals surface area contributed by atoms with Crippen LogP contribution >= 0.6 is 11.6 Å². The molecule has 2 heterocycles. The highest BCUT2D eigenvalue weighted by Crippen LogP contribution is 2.49. The third-order valence-corrected chi connectivity index (χ3v) is 5.97. The summed E-state index contributed by atoms with van der Waals surface area (Å²) < 4.78 is 18.0. The molecular formula is C26H25ClN2O3. The molecule has 32 heavy (non-hydrogen) atoms. The van der Waals surface area contributed by atoms with Gasteiger partial charge >= 0.3 is 0 Å². The zero-order chi connectivity index (χ0) is 22.1. The molecule has 0 saturated heterocycles. The number of para-hydroxylation sites is 1. The van der Waals surface area contributed by atoms with Crippen molar-refractivity contribution in [3.8, 4) is 17.2 Å². The highest BCUT2D eigenvalue weighted by atomic mass is 35.5. The van der Waals surface area contributed by atoms with Crippen LogP contribution in [-0.2, 0) is 0 Å². The van der Waals surface area contributed by atoms with Gasteiger partial charge in [-0.1, -0.05) is 23.7 Å². The second kappa shape index (κ2) is 8.75. The smallest absolute Gasteiger partial charge is 0.217 e. The third-order valence-electron chi connectivity index (χ3n) is 5.74. The van der Waals surface area contributed by atoms with E-state index in [1.165, 1.54) is 0 Å². The molecule has 0 unspecified atom stereocenters. The van der Waals surface area contributed by atoms with Crippen molar-refractivity contribution in [2.75, 3.05) is 13.2 Å². The van der Waals surface area contributed by atoms with Crippen LogP contribution in [0.15, 0.2) is 71.8 Å². The maximum Gasteiger partial charge on any atom is 0.217 e. The molecule has 2 aliphatic rings. The molecule has 3 aromatic carbocycles. The van der Waals surface area contributed by atoms with E-state index in [1.807, 2.05) is 73.5 Å². The number of ether oxygens (including phenoxy) is 3. The lowest BCUT2D eigenvalue weighted by Gasteiger charge is -2.38. The Morgan fingerprint density at radius 1 is 0.969 bits per heavy atom. The monoisotopic (exact) mass is 448 g/mol. The second-order valence-corrected chi connectivity index (χ2v) is 8.16. The van der Waals surface area contributed by atoms with E-state index in [2.05, 4.69) is 12.1 Å². The van der Waals surface area contributed by atoms with E-state index in [-0.39, 0.29) is 6.04 Å². The lowest BCUT2D eigenvalue weighted by Crippen LogP contribution is -2.34. The lowest BCUT2D eigenvalue weighted by molar-refractivity contribution is -0.0205. The molecule has 0 fully saturated rings. The summed E-state index contributed by atoms with van der Waals surface area (Å²) in [5.74, 6) is 2.49. The summed E-state index contributed by atoms with van der Waals surface area (Å²) in [6.45, 7) is 5.19. The molecule has 0 amide bonds. The Kier molecular flexibility index (Phi) is 5.66. The average Bonchev–Trinajstić information content (AvgIpc) is 3.26. The van der Waals surface area contributed by atoms with E-state index in [4.69, 9.17) is 30.9 Å². The fourth-order valence-electron chi connectivity index (χ4n) is 4.32. The van der Waals surface area contributed by atoms with Gasteiger partial charge in [0.1, 0.15) is 17.2 Å². The van der Waals surface area contributed by atoms with Crippen molar-refractivity contribution in [2.24, 2.45) is 5.10 Å². The first kappa shape index (κ1) is 20.7. The number of rotatable bonds is 6. The fourth-order valence-corrected chi connectivity index (χ4v) is 4.50. The third kappa shape index (κ3) is 3.78. The number of hydrogen-bond donors (Lipinski definition) is 0. The topological polar surface area (TPSA) is 43.3 Å². The molecule has 2 aliphatic heterocycles. The normalized spacial score (nSPS) is 19.0. The minimum Gasteiger partial charge on any atom is -0.494 e. The predicted molar refractivity (Wildman–Crippen MR) is 126 cm³/mol. The number of benzene rings is 3. The SMILES string of the molecule is CCOc1ccc(C2=NN3[C@@H](C2)c2cc(Cl)ccc2O[C@H]3c2ccccc2OCC)cc1. The molecule has 6 heteroatoms. The van der Waals surface area contributed by atoms with Crippen molar-refractivity contribution in [2.45, 2.75) is 32.5 Å². The van der Waals surface area contributed by atoms with Gasteiger partial charge in [0.05, 0.1) is 30.5 Å². The number of nitrogens with zero attached hydrogens (tertiary/aromatic N) is 2. The standard InChI is InChI=1S/C26H25ClN2O3/c1-3-30-19-12-9-17(10-13-19)22-16-23-21-15-18(27)11-14-25(21)32-26(29(23)28-22)20-7-5-6-8-24(20)31-4-2/h5-15,23,26H,3-4,16H2,1-2H3/t23-,26-/m0/s1. The zero-order valence-electron chi connectivity index (χ0n) is 18.1. The van der Waals surface area contributed by atoms with Crippen molar-refractivity contribution < 1.29 is 14.2 Å². The zero-order valence-corrected chi connectivity index (χ0v) is 18.9.